The van der Waals surface area contributed by atoms with Crippen LogP contribution in [-0.4, -0.2) is 24.0 Å². The number of rotatable bonds is 4. The van der Waals surface area contributed by atoms with E-state index in [2.05, 4.69) is 43.4 Å². The molecule has 5 heteroatoms. The SMILES string of the molecule is Cc1cc(C)cc(NC(=O)C[NH+]2CCCC[C@@H]2c2nc3ccccc3s2)c1. The lowest BCUT2D eigenvalue weighted by Crippen LogP contribution is -3.14. The number of thiazole rings is 1. The Balaban J connectivity index is 1.49. The van der Waals surface area contributed by atoms with Crippen LogP contribution in [0.3, 0.4) is 0 Å². The largest absolute Gasteiger partial charge is 0.321 e. The average molecular weight is 381 g/mol. The summed E-state index contributed by atoms with van der Waals surface area (Å²) < 4.78 is 1.23. The predicted molar refractivity (Wildman–Crippen MR) is 111 cm³/mol. The molecule has 140 valence electrons. The molecule has 0 radical (unpaired) electrons. The Bertz CT molecular complexity index is 912. The molecular weight excluding hydrogens is 354 g/mol. The van der Waals surface area contributed by atoms with Gasteiger partial charge in [0.15, 0.2) is 11.6 Å². The summed E-state index contributed by atoms with van der Waals surface area (Å²) >= 11 is 1.78. The molecule has 1 aliphatic rings. The molecule has 1 unspecified atom stereocenters. The highest BCUT2D eigenvalue weighted by atomic mass is 32.1. The highest BCUT2D eigenvalue weighted by molar-refractivity contribution is 7.18. The van der Waals surface area contributed by atoms with Crippen LogP contribution < -0.4 is 10.2 Å². The van der Waals surface area contributed by atoms with Gasteiger partial charge in [0, 0.05) is 12.1 Å². The molecule has 2 aromatic carbocycles. The zero-order valence-electron chi connectivity index (χ0n) is 15.9. The third-order valence-electron chi connectivity index (χ3n) is 5.24. The maximum Gasteiger partial charge on any atom is 0.279 e. The first kappa shape index (κ1) is 18.1. The topological polar surface area (TPSA) is 46.4 Å². The number of anilines is 1. The van der Waals surface area contributed by atoms with E-state index in [1.165, 1.54) is 38.6 Å². The van der Waals surface area contributed by atoms with Crippen LogP contribution in [0.15, 0.2) is 42.5 Å². The quantitative estimate of drug-likeness (QED) is 0.726. The minimum Gasteiger partial charge on any atom is -0.321 e. The van der Waals surface area contributed by atoms with Crippen molar-refractivity contribution in [3.8, 4) is 0 Å². The lowest BCUT2D eigenvalue weighted by atomic mass is 10.0. The highest BCUT2D eigenvalue weighted by Gasteiger charge is 2.31. The second-order valence-electron chi connectivity index (χ2n) is 7.58. The number of benzene rings is 2. The first-order valence-corrected chi connectivity index (χ1v) is 10.5. The lowest BCUT2D eigenvalue weighted by Gasteiger charge is -2.30. The van der Waals surface area contributed by atoms with E-state index in [0.29, 0.717) is 12.6 Å². The zero-order chi connectivity index (χ0) is 18.8. The van der Waals surface area contributed by atoms with Crippen LogP contribution in [0.4, 0.5) is 5.69 Å². The molecule has 1 fully saturated rings. The zero-order valence-corrected chi connectivity index (χ0v) is 16.7. The van der Waals surface area contributed by atoms with Crippen molar-refractivity contribution in [2.45, 2.75) is 39.2 Å². The summed E-state index contributed by atoms with van der Waals surface area (Å²) in [5.41, 5.74) is 4.30. The molecule has 1 saturated heterocycles. The standard InChI is InChI=1S/C22H25N3OS/c1-15-11-16(2)13-17(12-15)23-21(26)14-25-10-6-5-8-19(25)22-24-18-7-3-4-9-20(18)27-22/h3-4,7,9,11-13,19H,5-6,8,10,14H2,1-2H3,(H,23,26)/p+1/t19-/m1/s1. The van der Waals surface area contributed by atoms with E-state index in [4.69, 9.17) is 4.98 Å². The van der Waals surface area contributed by atoms with Gasteiger partial charge in [-0.1, -0.05) is 18.2 Å². The van der Waals surface area contributed by atoms with Gasteiger partial charge in [0.2, 0.25) is 0 Å². The fraction of sp³-hybridized carbons (Fsp3) is 0.364. The number of aryl methyl sites for hydroxylation is 2. The molecule has 0 aliphatic carbocycles. The highest BCUT2D eigenvalue weighted by Crippen LogP contribution is 2.28. The van der Waals surface area contributed by atoms with Crippen molar-refractivity contribution in [1.29, 1.82) is 0 Å². The van der Waals surface area contributed by atoms with E-state index >= 15 is 0 Å². The minimum absolute atomic E-state index is 0.0861. The van der Waals surface area contributed by atoms with E-state index in [1.807, 2.05) is 18.2 Å². The third kappa shape index (κ3) is 4.20. The Hall–Kier alpha value is -2.24. The molecule has 2 atom stereocenters. The fourth-order valence-corrected chi connectivity index (χ4v) is 5.25. The minimum atomic E-state index is 0.0861. The average Bonchev–Trinajstić information content (AvgIpc) is 3.05. The maximum atomic E-state index is 12.7. The number of nitrogens with zero attached hydrogens (tertiary/aromatic N) is 1. The van der Waals surface area contributed by atoms with Crippen LogP contribution in [-0.2, 0) is 4.79 Å². The normalized spacial score (nSPS) is 19.9. The summed E-state index contributed by atoms with van der Waals surface area (Å²) in [4.78, 5) is 18.9. The number of aromatic nitrogens is 1. The van der Waals surface area contributed by atoms with Crippen molar-refractivity contribution < 1.29 is 9.69 Å². The van der Waals surface area contributed by atoms with Gasteiger partial charge in [0.25, 0.3) is 5.91 Å². The van der Waals surface area contributed by atoms with Crippen molar-refractivity contribution in [3.63, 3.8) is 0 Å². The van der Waals surface area contributed by atoms with E-state index in [-0.39, 0.29) is 5.91 Å². The Morgan fingerprint density at radius 2 is 1.96 bits per heavy atom. The summed E-state index contributed by atoms with van der Waals surface area (Å²) in [6, 6.07) is 14.8. The fourth-order valence-electron chi connectivity index (χ4n) is 4.09. The van der Waals surface area contributed by atoms with Crippen molar-refractivity contribution in [3.05, 3.63) is 58.6 Å². The molecule has 2 N–H and O–H groups in total. The number of fused-ring (bicyclic) bond motifs is 1. The number of piperidine rings is 1. The van der Waals surface area contributed by atoms with Crippen molar-refractivity contribution in [2.24, 2.45) is 0 Å². The van der Waals surface area contributed by atoms with Crippen molar-refractivity contribution in [2.75, 3.05) is 18.4 Å². The Morgan fingerprint density at radius 3 is 2.74 bits per heavy atom. The maximum absolute atomic E-state index is 12.7. The van der Waals surface area contributed by atoms with Crippen LogP contribution in [0.1, 0.15) is 41.4 Å². The van der Waals surface area contributed by atoms with E-state index in [0.717, 1.165) is 24.2 Å². The van der Waals surface area contributed by atoms with Crippen LogP contribution in [0, 0.1) is 13.8 Å². The van der Waals surface area contributed by atoms with Crippen LogP contribution in [0.2, 0.25) is 0 Å². The number of amides is 1. The van der Waals surface area contributed by atoms with Gasteiger partial charge < -0.3 is 10.2 Å². The summed E-state index contributed by atoms with van der Waals surface area (Å²) in [5, 5.41) is 4.26. The number of quaternary nitrogens is 1. The van der Waals surface area contributed by atoms with Gasteiger partial charge in [-0.15, -0.1) is 11.3 Å². The number of para-hydroxylation sites is 1. The van der Waals surface area contributed by atoms with Gasteiger partial charge in [-0.05, 0) is 62.1 Å². The monoisotopic (exact) mass is 380 g/mol. The Morgan fingerprint density at radius 1 is 1.19 bits per heavy atom. The number of nitrogens with one attached hydrogen (secondary N) is 2. The number of carbonyl (C=O) groups is 1. The van der Waals surface area contributed by atoms with Gasteiger partial charge in [-0.25, -0.2) is 4.98 Å². The van der Waals surface area contributed by atoms with E-state index in [1.54, 1.807) is 11.3 Å². The summed E-state index contributed by atoms with van der Waals surface area (Å²) in [6.07, 6.45) is 3.49. The lowest BCUT2D eigenvalue weighted by molar-refractivity contribution is -0.929. The van der Waals surface area contributed by atoms with Crippen LogP contribution >= 0.6 is 11.3 Å². The summed E-state index contributed by atoms with van der Waals surface area (Å²) in [7, 11) is 0. The smallest absolute Gasteiger partial charge is 0.279 e. The number of hydrogen-bond acceptors (Lipinski definition) is 3. The molecule has 1 aliphatic heterocycles. The van der Waals surface area contributed by atoms with Gasteiger partial charge >= 0.3 is 0 Å². The van der Waals surface area contributed by atoms with Gasteiger partial charge in [0.05, 0.1) is 16.8 Å². The number of carbonyl (C=O) groups excluding carboxylic acids is 1. The van der Waals surface area contributed by atoms with E-state index in [9.17, 15) is 4.79 Å². The van der Waals surface area contributed by atoms with Crippen LogP contribution in [0.25, 0.3) is 10.2 Å². The van der Waals surface area contributed by atoms with Gasteiger partial charge in [0.1, 0.15) is 6.04 Å². The number of hydrogen-bond donors (Lipinski definition) is 2. The predicted octanol–water partition coefficient (Wildman–Crippen LogP) is 3.66. The molecular formula is C22H26N3OS+. The molecule has 1 aromatic heterocycles. The number of likely N-dealkylation sites (tertiary alicyclic amines) is 1. The molecule has 0 bridgehead atoms. The molecule has 3 aromatic rings. The molecule has 2 heterocycles. The second kappa shape index (κ2) is 7.79. The van der Waals surface area contributed by atoms with Gasteiger partial charge in [-0.2, -0.15) is 0 Å². The molecule has 0 spiro atoms. The van der Waals surface area contributed by atoms with Gasteiger partial charge in [-0.3, -0.25) is 4.79 Å². The Labute approximate surface area is 164 Å². The second-order valence-corrected chi connectivity index (χ2v) is 8.64. The molecule has 4 nitrogen and oxygen atoms in total. The molecule has 0 saturated carbocycles. The molecule has 1 amide bonds. The van der Waals surface area contributed by atoms with Crippen LogP contribution in [0.5, 0.6) is 0 Å². The van der Waals surface area contributed by atoms with E-state index < -0.39 is 0 Å². The summed E-state index contributed by atoms with van der Waals surface area (Å²) in [5.74, 6) is 0.0861. The first-order valence-electron chi connectivity index (χ1n) is 9.67. The third-order valence-corrected chi connectivity index (χ3v) is 6.39. The Kier molecular flexibility index (Phi) is 5.23. The molecule has 27 heavy (non-hydrogen) atoms. The van der Waals surface area contributed by atoms with Crippen molar-refractivity contribution in [1.82, 2.24) is 4.98 Å². The first-order chi connectivity index (χ1) is 13.1. The summed E-state index contributed by atoms with van der Waals surface area (Å²) in [6.45, 7) is 5.64. The molecule has 4 rings (SSSR count). The van der Waals surface area contributed by atoms with Crippen molar-refractivity contribution >= 4 is 33.1 Å².